The fraction of sp³-hybridized carbons (Fsp3) is 0.375. The quantitative estimate of drug-likeness (QED) is 0.763. The van der Waals surface area contributed by atoms with Crippen LogP contribution < -0.4 is 5.32 Å². The molecular formula is C8H11NO3S2. The van der Waals surface area contributed by atoms with Gasteiger partial charge in [0.15, 0.2) is 11.1 Å². The van der Waals surface area contributed by atoms with E-state index in [4.69, 9.17) is 4.55 Å². The molecule has 0 fully saturated rings. The summed E-state index contributed by atoms with van der Waals surface area (Å²) in [5.74, 6) is -0.0625. The molecule has 0 bridgehead atoms. The Kier molecular flexibility index (Phi) is 4.24. The van der Waals surface area contributed by atoms with Gasteiger partial charge in [0.2, 0.25) is 5.91 Å². The fourth-order valence-electron chi connectivity index (χ4n) is 0.948. The van der Waals surface area contributed by atoms with Gasteiger partial charge in [0.1, 0.15) is 4.21 Å². The van der Waals surface area contributed by atoms with E-state index in [1.165, 1.54) is 18.3 Å². The van der Waals surface area contributed by atoms with E-state index in [1.54, 1.807) is 12.1 Å². The Morgan fingerprint density at radius 1 is 1.64 bits per heavy atom. The number of hydrogen-bond donors (Lipinski definition) is 2. The summed E-state index contributed by atoms with van der Waals surface area (Å²) in [5.41, 5.74) is 0. The monoisotopic (exact) mass is 233 g/mol. The molecule has 1 rings (SSSR count). The summed E-state index contributed by atoms with van der Waals surface area (Å²) < 4.78 is 19.9. The molecule has 2 N–H and O–H groups in total. The average molecular weight is 233 g/mol. The molecule has 1 aromatic rings. The molecule has 0 radical (unpaired) electrons. The molecule has 78 valence electrons. The summed E-state index contributed by atoms with van der Waals surface area (Å²) in [6.45, 7) is 2.02. The highest BCUT2D eigenvalue weighted by atomic mass is 32.2. The zero-order valence-electron chi connectivity index (χ0n) is 7.65. The van der Waals surface area contributed by atoms with Gasteiger partial charge in [-0.25, -0.2) is 4.21 Å². The SMILES string of the molecule is CC(=O)NCCc1ccc(S(=O)O)s1. The third-order valence-electron chi connectivity index (χ3n) is 1.55. The Morgan fingerprint density at radius 3 is 2.86 bits per heavy atom. The van der Waals surface area contributed by atoms with E-state index in [-0.39, 0.29) is 5.91 Å². The van der Waals surface area contributed by atoms with E-state index in [0.29, 0.717) is 17.2 Å². The zero-order chi connectivity index (χ0) is 10.6. The number of nitrogens with one attached hydrogen (secondary N) is 1. The van der Waals surface area contributed by atoms with Crippen LogP contribution in [-0.4, -0.2) is 21.2 Å². The molecular weight excluding hydrogens is 222 g/mol. The van der Waals surface area contributed by atoms with Crippen LogP contribution in [-0.2, 0) is 22.3 Å². The fourth-order valence-corrected chi connectivity index (χ4v) is 2.47. The van der Waals surface area contributed by atoms with Crippen LogP contribution in [0.1, 0.15) is 11.8 Å². The first-order valence-corrected chi connectivity index (χ1v) is 5.96. The van der Waals surface area contributed by atoms with Gasteiger partial charge in [-0.15, -0.1) is 11.3 Å². The van der Waals surface area contributed by atoms with Crippen molar-refractivity contribution in [3.8, 4) is 0 Å². The van der Waals surface area contributed by atoms with Crippen molar-refractivity contribution in [1.82, 2.24) is 5.32 Å². The lowest BCUT2D eigenvalue weighted by Gasteiger charge is -1.98. The Bertz CT molecular complexity index is 348. The van der Waals surface area contributed by atoms with E-state index in [2.05, 4.69) is 5.32 Å². The minimum Gasteiger partial charge on any atom is -0.356 e. The minimum atomic E-state index is -1.89. The number of thiophene rings is 1. The second-order valence-electron chi connectivity index (χ2n) is 2.70. The van der Waals surface area contributed by atoms with Crippen LogP contribution in [0, 0.1) is 0 Å². The molecule has 1 atom stereocenters. The van der Waals surface area contributed by atoms with Crippen LogP contribution in [0.25, 0.3) is 0 Å². The molecule has 6 heteroatoms. The first kappa shape index (κ1) is 11.4. The smallest absolute Gasteiger partial charge is 0.216 e. The van der Waals surface area contributed by atoms with E-state index in [1.807, 2.05) is 0 Å². The van der Waals surface area contributed by atoms with E-state index in [9.17, 15) is 9.00 Å². The van der Waals surface area contributed by atoms with Crippen molar-refractivity contribution in [3.05, 3.63) is 17.0 Å². The highest BCUT2D eigenvalue weighted by molar-refractivity contribution is 7.81. The Morgan fingerprint density at radius 2 is 2.36 bits per heavy atom. The molecule has 0 saturated heterocycles. The van der Waals surface area contributed by atoms with Crippen LogP contribution >= 0.6 is 11.3 Å². The van der Waals surface area contributed by atoms with E-state index < -0.39 is 11.1 Å². The molecule has 1 aromatic heterocycles. The summed E-state index contributed by atoms with van der Waals surface area (Å²) in [6, 6.07) is 3.43. The average Bonchev–Trinajstić information content (AvgIpc) is 2.52. The number of carbonyl (C=O) groups excluding carboxylic acids is 1. The molecule has 1 amide bonds. The van der Waals surface area contributed by atoms with Gasteiger partial charge >= 0.3 is 0 Å². The summed E-state index contributed by atoms with van der Waals surface area (Å²) in [4.78, 5) is 11.5. The van der Waals surface area contributed by atoms with Crippen molar-refractivity contribution in [2.75, 3.05) is 6.54 Å². The Hall–Kier alpha value is -0.720. The first-order valence-electron chi connectivity index (χ1n) is 4.03. The zero-order valence-corrected chi connectivity index (χ0v) is 9.28. The predicted octanol–water partition coefficient (Wildman–Crippen LogP) is 1.01. The topological polar surface area (TPSA) is 66.4 Å². The molecule has 4 nitrogen and oxygen atoms in total. The van der Waals surface area contributed by atoms with Crippen molar-refractivity contribution >= 4 is 28.3 Å². The lowest BCUT2D eigenvalue weighted by molar-refractivity contribution is -0.118. The third kappa shape index (κ3) is 3.57. The van der Waals surface area contributed by atoms with Crippen LogP contribution in [0.3, 0.4) is 0 Å². The number of carbonyl (C=O) groups is 1. The molecule has 1 heterocycles. The highest BCUT2D eigenvalue weighted by Gasteiger charge is 2.04. The first-order chi connectivity index (χ1) is 6.59. The lowest BCUT2D eigenvalue weighted by Crippen LogP contribution is -2.21. The lowest BCUT2D eigenvalue weighted by atomic mass is 10.3. The second-order valence-corrected chi connectivity index (χ2v) is 5.07. The van der Waals surface area contributed by atoms with Crippen LogP contribution in [0.15, 0.2) is 16.3 Å². The Balaban J connectivity index is 2.44. The number of hydrogen-bond acceptors (Lipinski definition) is 3. The van der Waals surface area contributed by atoms with Gasteiger partial charge in [-0.1, -0.05) is 0 Å². The van der Waals surface area contributed by atoms with Gasteiger partial charge in [-0.05, 0) is 18.6 Å². The van der Waals surface area contributed by atoms with Crippen molar-refractivity contribution in [1.29, 1.82) is 0 Å². The van der Waals surface area contributed by atoms with E-state index >= 15 is 0 Å². The van der Waals surface area contributed by atoms with Gasteiger partial charge in [0.25, 0.3) is 0 Å². The largest absolute Gasteiger partial charge is 0.356 e. The second kappa shape index (κ2) is 5.23. The number of amides is 1. The van der Waals surface area contributed by atoms with Crippen LogP contribution in [0.4, 0.5) is 0 Å². The third-order valence-corrected chi connectivity index (χ3v) is 3.65. The maximum absolute atomic E-state index is 10.6. The molecule has 14 heavy (non-hydrogen) atoms. The minimum absolute atomic E-state index is 0.0625. The van der Waals surface area contributed by atoms with Gasteiger partial charge in [0, 0.05) is 18.3 Å². The summed E-state index contributed by atoms with van der Waals surface area (Å²) >= 11 is -0.600. The van der Waals surface area contributed by atoms with Crippen molar-refractivity contribution in [2.45, 2.75) is 17.6 Å². The van der Waals surface area contributed by atoms with Gasteiger partial charge < -0.3 is 9.87 Å². The summed E-state index contributed by atoms with van der Waals surface area (Å²) in [6.07, 6.45) is 0.696. The molecule has 0 aliphatic rings. The van der Waals surface area contributed by atoms with Gasteiger partial charge in [-0.3, -0.25) is 4.79 Å². The van der Waals surface area contributed by atoms with Crippen LogP contribution in [0.5, 0.6) is 0 Å². The predicted molar refractivity (Wildman–Crippen MR) is 55.7 cm³/mol. The van der Waals surface area contributed by atoms with Gasteiger partial charge in [-0.2, -0.15) is 0 Å². The van der Waals surface area contributed by atoms with E-state index in [0.717, 1.165) is 4.88 Å². The molecule has 0 spiro atoms. The van der Waals surface area contributed by atoms with Gasteiger partial charge in [0.05, 0.1) is 0 Å². The maximum Gasteiger partial charge on any atom is 0.216 e. The summed E-state index contributed by atoms with van der Waals surface area (Å²) in [7, 11) is 0. The van der Waals surface area contributed by atoms with Crippen molar-refractivity contribution in [3.63, 3.8) is 0 Å². The molecule has 0 aromatic carbocycles. The Labute approximate surface area is 88.6 Å². The maximum atomic E-state index is 10.6. The molecule has 1 unspecified atom stereocenters. The van der Waals surface area contributed by atoms with Crippen molar-refractivity contribution < 1.29 is 13.6 Å². The molecule has 0 saturated carbocycles. The molecule has 0 aliphatic carbocycles. The molecule has 0 aliphatic heterocycles. The number of rotatable bonds is 4. The standard InChI is InChI=1S/C8H11NO3S2/c1-6(10)9-5-4-7-2-3-8(13-7)14(11)12/h2-3H,4-5H2,1H3,(H,9,10)(H,11,12). The van der Waals surface area contributed by atoms with Crippen molar-refractivity contribution in [2.24, 2.45) is 0 Å². The normalized spacial score (nSPS) is 12.4. The van der Waals surface area contributed by atoms with Crippen LogP contribution in [0.2, 0.25) is 0 Å². The highest BCUT2D eigenvalue weighted by Crippen LogP contribution is 2.19. The summed E-state index contributed by atoms with van der Waals surface area (Å²) in [5, 5.41) is 2.66.